The molecule has 1 unspecified atom stereocenters. The van der Waals surface area contributed by atoms with Crippen molar-refractivity contribution in [1.29, 1.82) is 0 Å². The Kier molecular flexibility index (Phi) is 4.68. The van der Waals surface area contributed by atoms with Gasteiger partial charge in [0.05, 0.1) is 12.2 Å². The van der Waals surface area contributed by atoms with Gasteiger partial charge in [-0.3, -0.25) is 9.67 Å². The molecule has 0 saturated heterocycles. The molecule has 0 aromatic carbocycles. The molecule has 102 valence electrons. The first kappa shape index (κ1) is 13.7. The van der Waals surface area contributed by atoms with Crippen molar-refractivity contribution in [3.8, 4) is 0 Å². The highest BCUT2D eigenvalue weighted by Crippen LogP contribution is 2.23. The first-order chi connectivity index (χ1) is 9.26. The minimum atomic E-state index is 0.171. The molecule has 0 saturated carbocycles. The van der Waals surface area contributed by atoms with Crippen LogP contribution in [0, 0.1) is 6.92 Å². The summed E-state index contributed by atoms with van der Waals surface area (Å²) in [6, 6.07) is 2.22. The number of hydrogen-bond acceptors (Lipinski definition) is 3. The Balaban J connectivity index is 2.31. The monoisotopic (exact) mass is 258 g/mol. The SMILES string of the molecule is CCCn1cc(C(NCC)c2cnccc2C)cn1. The van der Waals surface area contributed by atoms with Gasteiger partial charge in [0.15, 0.2) is 0 Å². The number of aryl methyl sites for hydroxylation is 2. The molecular weight excluding hydrogens is 236 g/mol. The summed E-state index contributed by atoms with van der Waals surface area (Å²) in [7, 11) is 0. The highest BCUT2D eigenvalue weighted by molar-refractivity contribution is 5.32. The quantitative estimate of drug-likeness (QED) is 0.866. The van der Waals surface area contributed by atoms with Crippen LogP contribution in [-0.4, -0.2) is 21.3 Å². The number of rotatable bonds is 6. The largest absolute Gasteiger partial charge is 0.306 e. The number of hydrogen-bond donors (Lipinski definition) is 1. The van der Waals surface area contributed by atoms with Gasteiger partial charge in [0, 0.05) is 30.7 Å². The van der Waals surface area contributed by atoms with E-state index in [0.29, 0.717) is 0 Å². The standard InChI is InChI=1S/C15H22N4/c1-4-8-19-11-13(9-18-19)15(17-5-2)14-10-16-7-6-12(14)3/h6-7,9-11,15,17H,4-5,8H2,1-3H3. The number of nitrogens with one attached hydrogen (secondary N) is 1. The van der Waals surface area contributed by atoms with Gasteiger partial charge in [0.25, 0.3) is 0 Å². The van der Waals surface area contributed by atoms with Crippen LogP contribution >= 0.6 is 0 Å². The van der Waals surface area contributed by atoms with Gasteiger partial charge in [0.2, 0.25) is 0 Å². The van der Waals surface area contributed by atoms with Crippen LogP contribution in [0.5, 0.6) is 0 Å². The first-order valence-electron chi connectivity index (χ1n) is 6.92. The topological polar surface area (TPSA) is 42.7 Å². The molecule has 0 amide bonds. The molecule has 0 aliphatic carbocycles. The van der Waals surface area contributed by atoms with E-state index in [1.54, 1.807) is 0 Å². The summed E-state index contributed by atoms with van der Waals surface area (Å²) in [6.45, 7) is 8.28. The van der Waals surface area contributed by atoms with Crippen LogP contribution in [0.1, 0.15) is 43.0 Å². The Morgan fingerprint density at radius 3 is 2.84 bits per heavy atom. The molecule has 2 aromatic heterocycles. The molecule has 0 radical (unpaired) electrons. The second kappa shape index (κ2) is 6.48. The summed E-state index contributed by atoms with van der Waals surface area (Å²) in [5, 5.41) is 7.94. The highest BCUT2D eigenvalue weighted by Gasteiger charge is 2.16. The van der Waals surface area contributed by atoms with Gasteiger partial charge in [-0.05, 0) is 37.1 Å². The maximum absolute atomic E-state index is 4.42. The molecule has 19 heavy (non-hydrogen) atoms. The van der Waals surface area contributed by atoms with Gasteiger partial charge in [-0.15, -0.1) is 0 Å². The molecule has 2 rings (SSSR count). The maximum atomic E-state index is 4.42. The predicted octanol–water partition coefficient (Wildman–Crippen LogP) is 2.70. The Morgan fingerprint density at radius 2 is 2.16 bits per heavy atom. The van der Waals surface area contributed by atoms with E-state index in [9.17, 15) is 0 Å². The van der Waals surface area contributed by atoms with E-state index in [-0.39, 0.29) is 6.04 Å². The van der Waals surface area contributed by atoms with Crippen molar-refractivity contribution in [2.75, 3.05) is 6.54 Å². The number of pyridine rings is 1. The predicted molar refractivity (Wildman–Crippen MR) is 77.0 cm³/mol. The van der Waals surface area contributed by atoms with E-state index >= 15 is 0 Å². The third-order valence-electron chi connectivity index (χ3n) is 3.24. The smallest absolute Gasteiger partial charge is 0.0625 e. The molecule has 0 fully saturated rings. The van der Waals surface area contributed by atoms with Gasteiger partial charge in [-0.25, -0.2) is 0 Å². The zero-order valence-corrected chi connectivity index (χ0v) is 11.9. The van der Waals surface area contributed by atoms with Crippen molar-refractivity contribution in [3.63, 3.8) is 0 Å². The van der Waals surface area contributed by atoms with E-state index < -0.39 is 0 Å². The summed E-state index contributed by atoms with van der Waals surface area (Å²) >= 11 is 0. The highest BCUT2D eigenvalue weighted by atomic mass is 15.3. The van der Waals surface area contributed by atoms with Crippen molar-refractivity contribution in [1.82, 2.24) is 20.1 Å². The van der Waals surface area contributed by atoms with E-state index in [1.165, 1.54) is 16.7 Å². The fourth-order valence-electron chi connectivity index (χ4n) is 2.27. The Morgan fingerprint density at radius 1 is 1.32 bits per heavy atom. The Hall–Kier alpha value is -1.68. The number of nitrogens with zero attached hydrogens (tertiary/aromatic N) is 3. The summed E-state index contributed by atoms with van der Waals surface area (Å²) < 4.78 is 2.01. The minimum Gasteiger partial charge on any atom is -0.306 e. The molecule has 2 heterocycles. The third-order valence-corrected chi connectivity index (χ3v) is 3.24. The second-order valence-electron chi connectivity index (χ2n) is 4.76. The zero-order valence-electron chi connectivity index (χ0n) is 11.9. The van der Waals surface area contributed by atoms with Crippen LogP contribution in [0.25, 0.3) is 0 Å². The molecule has 4 heteroatoms. The lowest BCUT2D eigenvalue weighted by atomic mass is 9.99. The molecule has 1 N–H and O–H groups in total. The van der Waals surface area contributed by atoms with E-state index in [4.69, 9.17) is 0 Å². The van der Waals surface area contributed by atoms with Crippen LogP contribution in [0.15, 0.2) is 30.9 Å². The molecule has 4 nitrogen and oxygen atoms in total. The lowest BCUT2D eigenvalue weighted by Gasteiger charge is -2.18. The van der Waals surface area contributed by atoms with Gasteiger partial charge in [-0.2, -0.15) is 5.10 Å². The van der Waals surface area contributed by atoms with Crippen LogP contribution in [-0.2, 0) is 6.54 Å². The normalized spacial score (nSPS) is 12.6. The van der Waals surface area contributed by atoms with Gasteiger partial charge in [0.1, 0.15) is 0 Å². The van der Waals surface area contributed by atoms with E-state index in [0.717, 1.165) is 19.5 Å². The molecule has 0 spiro atoms. The minimum absolute atomic E-state index is 0.171. The molecule has 0 aliphatic heterocycles. The van der Waals surface area contributed by atoms with Gasteiger partial charge < -0.3 is 5.32 Å². The Labute approximate surface area is 114 Å². The average molecular weight is 258 g/mol. The molecule has 0 aliphatic rings. The fraction of sp³-hybridized carbons (Fsp3) is 0.467. The van der Waals surface area contributed by atoms with Gasteiger partial charge in [-0.1, -0.05) is 13.8 Å². The first-order valence-corrected chi connectivity index (χ1v) is 6.92. The lowest BCUT2D eigenvalue weighted by Crippen LogP contribution is -2.22. The summed E-state index contributed by atoms with van der Waals surface area (Å²) in [4.78, 5) is 4.25. The van der Waals surface area contributed by atoms with Crippen molar-refractivity contribution in [2.45, 2.75) is 39.8 Å². The third kappa shape index (κ3) is 3.20. The summed E-state index contributed by atoms with van der Waals surface area (Å²) in [5.41, 5.74) is 3.68. The van der Waals surface area contributed by atoms with Crippen molar-refractivity contribution in [2.24, 2.45) is 0 Å². The van der Waals surface area contributed by atoms with Crippen LogP contribution in [0.4, 0.5) is 0 Å². The van der Waals surface area contributed by atoms with Crippen LogP contribution < -0.4 is 5.32 Å². The van der Waals surface area contributed by atoms with E-state index in [2.05, 4.69) is 48.4 Å². The fourth-order valence-corrected chi connectivity index (χ4v) is 2.27. The van der Waals surface area contributed by atoms with Crippen molar-refractivity contribution < 1.29 is 0 Å². The van der Waals surface area contributed by atoms with Crippen molar-refractivity contribution >= 4 is 0 Å². The van der Waals surface area contributed by atoms with Gasteiger partial charge >= 0.3 is 0 Å². The summed E-state index contributed by atoms with van der Waals surface area (Å²) in [5.74, 6) is 0. The molecule has 0 bridgehead atoms. The molecular formula is C15H22N4. The van der Waals surface area contributed by atoms with Crippen molar-refractivity contribution in [3.05, 3.63) is 47.5 Å². The second-order valence-corrected chi connectivity index (χ2v) is 4.76. The lowest BCUT2D eigenvalue weighted by molar-refractivity contribution is 0.596. The summed E-state index contributed by atoms with van der Waals surface area (Å²) in [6.07, 6.45) is 8.96. The zero-order chi connectivity index (χ0) is 13.7. The maximum Gasteiger partial charge on any atom is 0.0625 e. The van der Waals surface area contributed by atoms with Crippen LogP contribution in [0.3, 0.4) is 0 Å². The molecule has 2 aromatic rings. The molecule has 1 atom stereocenters. The Bertz CT molecular complexity index is 518. The average Bonchev–Trinajstić information content (AvgIpc) is 2.86. The van der Waals surface area contributed by atoms with Crippen LogP contribution in [0.2, 0.25) is 0 Å². The number of aromatic nitrogens is 3. The van der Waals surface area contributed by atoms with E-state index in [1.807, 2.05) is 23.3 Å².